The fourth-order valence-corrected chi connectivity index (χ4v) is 6.43. The Balaban J connectivity index is 2.02. The predicted molar refractivity (Wildman–Crippen MR) is 189 cm³/mol. The summed E-state index contributed by atoms with van der Waals surface area (Å²) in [5.41, 5.74) is 16.9. The molecule has 6 N–H and O–H groups in total. The van der Waals surface area contributed by atoms with Gasteiger partial charge in [-0.05, 0) is 84.5 Å². The van der Waals surface area contributed by atoms with E-state index in [-0.39, 0.29) is 22.2 Å². The summed E-state index contributed by atoms with van der Waals surface area (Å²) in [4.78, 5) is 25.7. The number of hydrogen-bond donors (Lipinski definition) is 4. The van der Waals surface area contributed by atoms with Crippen LogP contribution in [0.1, 0.15) is 132 Å². The number of carbonyl (C=O) groups excluding carboxylic acids is 2. The monoisotopic (exact) mass is 643 g/mol. The third kappa shape index (κ3) is 13.4. The predicted octanol–water partition coefficient (Wildman–Crippen LogP) is 7.52. The first-order valence-corrected chi connectivity index (χ1v) is 17.9. The van der Waals surface area contributed by atoms with E-state index in [2.05, 4.69) is 66.0 Å². The Bertz CT molecular complexity index is 1040. The molecule has 0 aliphatic heterocycles. The van der Waals surface area contributed by atoms with Crippen LogP contribution in [0.4, 0.5) is 0 Å². The van der Waals surface area contributed by atoms with Gasteiger partial charge in [0.15, 0.2) is 0 Å². The largest absolute Gasteiger partial charge is 0.461 e. The van der Waals surface area contributed by atoms with Gasteiger partial charge in [0.1, 0.15) is 11.4 Å². The van der Waals surface area contributed by atoms with E-state index in [1.807, 2.05) is 12.2 Å². The molecule has 0 spiro atoms. The minimum Gasteiger partial charge on any atom is -0.461 e. The molecule has 0 saturated carbocycles. The minimum absolute atomic E-state index is 0.0350. The zero-order valence-corrected chi connectivity index (χ0v) is 30.4. The Morgan fingerprint density at radius 2 is 1.07 bits per heavy atom. The molecule has 8 nitrogen and oxygen atoms in total. The van der Waals surface area contributed by atoms with Crippen molar-refractivity contribution in [2.45, 2.75) is 132 Å². The van der Waals surface area contributed by atoms with E-state index >= 15 is 0 Å². The molecule has 0 aromatic rings. The normalized spacial score (nSPS) is 20.9. The Morgan fingerprint density at radius 1 is 0.696 bits per heavy atom. The topological polar surface area (TPSA) is 129 Å². The van der Waals surface area contributed by atoms with Gasteiger partial charge in [-0.25, -0.2) is 9.59 Å². The second-order valence-electron chi connectivity index (χ2n) is 15.1. The number of allylic oxidation sites excluding steroid dienone is 6. The molecule has 0 radical (unpaired) electrons. The van der Waals surface area contributed by atoms with Crippen LogP contribution < -0.4 is 22.1 Å². The van der Waals surface area contributed by atoms with Crippen molar-refractivity contribution in [1.29, 1.82) is 0 Å². The number of carbonyl (C=O) groups is 2. The number of ether oxygens (including phenoxy) is 2. The fourth-order valence-electron chi connectivity index (χ4n) is 6.43. The SMILES string of the molecule is CCCCC(CC)COC(=O)/C(N)=C1/C=C(NCCNC2=C/C(=C(\N)C(=O)OCC(CC)CCCC)CC(C)(C)C2)CC(C)(C)C1. The Labute approximate surface area is 280 Å². The van der Waals surface area contributed by atoms with Crippen LogP contribution in [0.2, 0.25) is 0 Å². The van der Waals surface area contributed by atoms with Crippen molar-refractivity contribution in [1.82, 2.24) is 10.6 Å². The highest BCUT2D eigenvalue weighted by Crippen LogP contribution is 2.39. The number of rotatable bonds is 19. The molecule has 0 bridgehead atoms. The molecule has 2 atom stereocenters. The summed E-state index contributed by atoms with van der Waals surface area (Å²) >= 11 is 0. The van der Waals surface area contributed by atoms with Crippen molar-refractivity contribution in [2.24, 2.45) is 34.1 Å². The standard InChI is InChI=1S/C38H66N4O4/c1-9-13-15-27(11-3)25-45-35(43)33(39)29-19-31(23-37(5,6)21-29)41-17-18-42-32-20-30(22-38(7,8)24-32)34(40)36(44)46-26-28(12-4)16-14-10-2/h19-20,27-28,41-42H,9-18,21-26,39-40H2,1-8H3/b33-29+,34-30+. The second-order valence-corrected chi connectivity index (χ2v) is 15.1. The third-order valence-corrected chi connectivity index (χ3v) is 9.32. The lowest BCUT2D eigenvalue weighted by molar-refractivity contribution is -0.141. The Hall–Kier alpha value is -2.90. The minimum atomic E-state index is -0.416. The van der Waals surface area contributed by atoms with Crippen LogP contribution in [0.3, 0.4) is 0 Å². The number of nitrogens with one attached hydrogen (secondary N) is 2. The van der Waals surface area contributed by atoms with Crippen LogP contribution in [0.15, 0.2) is 46.1 Å². The van der Waals surface area contributed by atoms with Gasteiger partial charge in [-0.2, -0.15) is 0 Å². The van der Waals surface area contributed by atoms with Crippen LogP contribution in [0.25, 0.3) is 0 Å². The average molecular weight is 643 g/mol. The van der Waals surface area contributed by atoms with E-state index in [9.17, 15) is 9.59 Å². The van der Waals surface area contributed by atoms with E-state index in [0.717, 1.165) is 99.6 Å². The van der Waals surface area contributed by atoms with E-state index < -0.39 is 11.9 Å². The van der Waals surface area contributed by atoms with Crippen molar-refractivity contribution in [3.63, 3.8) is 0 Å². The highest BCUT2D eigenvalue weighted by Gasteiger charge is 2.30. The van der Waals surface area contributed by atoms with Crippen molar-refractivity contribution in [2.75, 3.05) is 26.3 Å². The first-order valence-electron chi connectivity index (χ1n) is 17.9. The maximum atomic E-state index is 12.9. The van der Waals surface area contributed by atoms with Crippen LogP contribution in [0, 0.1) is 22.7 Å². The second kappa shape index (κ2) is 19.0. The van der Waals surface area contributed by atoms with E-state index in [1.54, 1.807) is 0 Å². The lowest BCUT2D eigenvalue weighted by Crippen LogP contribution is -2.33. The van der Waals surface area contributed by atoms with Gasteiger partial charge >= 0.3 is 11.9 Å². The van der Waals surface area contributed by atoms with Crippen LogP contribution >= 0.6 is 0 Å². The molecule has 0 saturated heterocycles. The highest BCUT2D eigenvalue weighted by atomic mass is 16.5. The van der Waals surface area contributed by atoms with Crippen molar-refractivity contribution >= 4 is 11.9 Å². The van der Waals surface area contributed by atoms with Gasteiger partial charge in [0.05, 0.1) is 13.2 Å². The molecule has 0 aromatic carbocycles. The quantitative estimate of drug-likeness (QED) is 0.0647. The Morgan fingerprint density at radius 3 is 1.39 bits per heavy atom. The molecular formula is C38H66N4O4. The van der Waals surface area contributed by atoms with E-state index in [1.165, 1.54) is 0 Å². The van der Waals surface area contributed by atoms with Gasteiger partial charge < -0.3 is 31.6 Å². The van der Waals surface area contributed by atoms with Gasteiger partial charge in [0.2, 0.25) is 0 Å². The van der Waals surface area contributed by atoms with Gasteiger partial charge in [0.25, 0.3) is 0 Å². The van der Waals surface area contributed by atoms with Gasteiger partial charge in [-0.1, -0.05) is 93.9 Å². The van der Waals surface area contributed by atoms with Gasteiger partial charge in [-0.15, -0.1) is 0 Å². The summed E-state index contributed by atoms with van der Waals surface area (Å²) in [7, 11) is 0. The molecule has 0 heterocycles. The number of nitrogens with two attached hydrogens (primary N) is 2. The fraction of sp³-hybridized carbons (Fsp3) is 0.737. The van der Waals surface area contributed by atoms with Crippen LogP contribution in [-0.4, -0.2) is 38.2 Å². The maximum Gasteiger partial charge on any atom is 0.354 e. The molecule has 2 rings (SSSR count). The first-order chi connectivity index (χ1) is 21.7. The molecule has 0 aromatic heterocycles. The zero-order valence-electron chi connectivity index (χ0n) is 30.4. The molecule has 2 aliphatic carbocycles. The lowest BCUT2D eigenvalue weighted by Gasteiger charge is -2.33. The average Bonchev–Trinajstić information content (AvgIpc) is 3.00. The van der Waals surface area contributed by atoms with Crippen molar-refractivity contribution in [3.8, 4) is 0 Å². The summed E-state index contributed by atoms with van der Waals surface area (Å²) in [6.45, 7) is 19.6. The molecule has 2 aliphatic rings. The third-order valence-electron chi connectivity index (χ3n) is 9.32. The zero-order chi connectivity index (χ0) is 34.3. The summed E-state index contributed by atoms with van der Waals surface area (Å²) in [5.74, 6) is -0.0819. The van der Waals surface area contributed by atoms with Crippen LogP contribution in [-0.2, 0) is 19.1 Å². The molecule has 0 amide bonds. The van der Waals surface area contributed by atoms with Crippen molar-refractivity contribution < 1.29 is 19.1 Å². The number of unbranched alkanes of at least 4 members (excludes halogenated alkanes) is 2. The summed E-state index contributed by atoms with van der Waals surface area (Å²) in [6, 6.07) is 0. The lowest BCUT2D eigenvalue weighted by atomic mass is 9.76. The smallest absolute Gasteiger partial charge is 0.354 e. The van der Waals surface area contributed by atoms with Crippen LogP contribution in [0.5, 0.6) is 0 Å². The first kappa shape index (κ1) is 39.3. The number of esters is 2. The highest BCUT2D eigenvalue weighted by molar-refractivity contribution is 5.89. The molecule has 2 unspecified atom stereocenters. The van der Waals surface area contributed by atoms with Gasteiger partial charge in [-0.3, -0.25) is 0 Å². The molecule has 262 valence electrons. The summed E-state index contributed by atoms with van der Waals surface area (Å²) < 4.78 is 11.3. The summed E-state index contributed by atoms with van der Waals surface area (Å²) in [6.07, 6.45) is 15.9. The van der Waals surface area contributed by atoms with Crippen molar-refractivity contribution in [3.05, 3.63) is 46.1 Å². The van der Waals surface area contributed by atoms with E-state index in [4.69, 9.17) is 20.9 Å². The van der Waals surface area contributed by atoms with Gasteiger partial charge in [0, 0.05) is 24.5 Å². The molecule has 0 fully saturated rings. The maximum absolute atomic E-state index is 12.9. The molecular weight excluding hydrogens is 576 g/mol. The summed E-state index contributed by atoms with van der Waals surface area (Å²) in [5, 5.41) is 7.12. The molecule has 46 heavy (non-hydrogen) atoms. The Kier molecular flexibility index (Phi) is 16.3. The van der Waals surface area contributed by atoms with E-state index in [0.29, 0.717) is 38.1 Å². The number of hydrogen-bond acceptors (Lipinski definition) is 8. The molecule has 8 heteroatoms.